The van der Waals surface area contributed by atoms with E-state index in [0.29, 0.717) is 56.3 Å². The van der Waals surface area contributed by atoms with E-state index in [1.165, 1.54) is 0 Å². The maximum absolute atomic E-state index is 13.1. The zero-order valence-electron chi connectivity index (χ0n) is 24.0. The molecular weight excluding hydrogens is 510 g/mol. The van der Waals surface area contributed by atoms with E-state index >= 15 is 0 Å². The maximum atomic E-state index is 13.1. The SMILES string of the molecule is C/C=C/C(CC(CC)C(=O)NCC)NC(=O)c1cc2cc(OC)c(OCc3ccccc3)cc2[nH]1.CCOC=O. The van der Waals surface area contributed by atoms with E-state index in [2.05, 4.69) is 20.4 Å². The number of nitrogens with one attached hydrogen (secondary N) is 3. The highest BCUT2D eigenvalue weighted by Gasteiger charge is 2.22. The molecule has 40 heavy (non-hydrogen) atoms. The summed E-state index contributed by atoms with van der Waals surface area (Å²) < 4.78 is 15.7. The summed E-state index contributed by atoms with van der Waals surface area (Å²) in [6.07, 6.45) is 5.04. The molecule has 0 aliphatic heterocycles. The maximum Gasteiger partial charge on any atom is 0.293 e. The van der Waals surface area contributed by atoms with E-state index in [1.807, 2.05) is 75.4 Å². The molecule has 0 radical (unpaired) electrons. The molecule has 9 nitrogen and oxygen atoms in total. The van der Waals surface area contributed by atoms with Crippen LogP contribution in [0.3, 0.4) is 0 Å². The summed E-state index contributed by atoms with van der Waals surface area (Å²) in [6.45, 7) is 9.45. The number of rotatable bonds is 14. The van der Waals surface area contributed by atoms with Crippen molar-refractivity contribution >= 4 is 29.2 Å². The van der Waals surface area contributed by atoms with Gasteiger partial charge in [-0.2, -0.15) is 0 Å². The molecule has 0 fully saturated rings. The van der Waals surface area contributed by atoms with Crippen LogP contribution < -0.4 is 20.1 Å². The molecule has 0 saturated carbocycles. The molecule has 216 valence electrons. The number of amides is 2. The molecule has 1 aromatic heterocycles. The third-order valence-corrected chi connectivity index (χ3v) is 6.12. The lowest BCUT2D eigenvalue weighted by molar-refractivity contribution is -0.128. The molecule has 3 N–H and O–H groups in total. The fourth-order valence-corrected chi connectivity index (χ4v) is 4.09. The number of methoxy groups -OCH3 is 1. The number of ether oxygens (including phenoxy) is 3. The van der Waals surface area contributed by atoms with Gasteiger partial charge in [-0.3, -0.25) is 14.4 Å². The Labute approximate surface area is 236 Å². The Kier molecular flexibility index (Phi) is 13.9. The van der Waals surface area contributed by atoms with Crippen LogP contribution in [-0.2, 0) is 20.9 Å². The first-order valence-corrected chi connectivity index (χ1v) is 13.5. The molecule has 0 aliphatic carbocycles. The lowest BCUT2D eigenvalue weighted by Gasteiger charge is -2.20. The highest BCUT2D eigenvalue weighted by molar-refractivity contribution is 5.99. The fourth-order valence-electron chi connectivity index (χ4n) is 4.09. The van der Waals surface area contributed by atoms with Gasteiger partial charge >= 0.3 is 0 Å². The number of benzene rings is 2. The van der Waals surface area contributed by atoms with Crippen molar-refractivity contribution in [3.8, 4) is 11.5 Å². The van der Waals surface area contributed by atoms with Gasteiger partial charge < -0.3 is 29.8 Å². The molecule has 0 saturated heterocycles. The smallest absolute Gasteiger partial charge is 0.293 e. The molecule has 9 heteroatoms. The Balaban J connectivity index is 0.00000103. The number of allylic oxidation sites excluding steroid dienone is 1. The van der Waals surface area contributed by atoms with Crippen molar-refractivity contribution in [3.05, 3.63) is 71.9 Å². The van der Waals surface area contributed by atoms with Crippen LogP contribution in [0.15, 0.2) is 60.7 Å². The summed E-state index contributed by atoms with van der Waals surface area (Å²) in [5, 5.41) is 6.77. The molecule has 0 aliphatic rings. The number of aromatic amines is 1. The van der Waals surface area contributed by atoms with Crippen molar-refractivity contribution in [2.45, 2.75) is 53.2 Å². The second-order valence-electron chi connectivity index (χ2n) is 8.94. The Morgan fingerprint density at radius 3 is 2.38 bits per heavy atom. The lowest BCUT2D eigenvalue weighted by atomic mass is 9.95. The van der Waals surface area contributed by atoms with Gasteiger partial charge in [0.2, 0.25) is 5.91 Å². The number of aromatic nitrogens is 1. The van der Waals surface area contributed by atoms with Crippen LogP contribution in [0.4, 0.5) is 0 Å². The van der Waals surface area contributed by atoms with Crippen LogP contribution >= 0.6 is 0 Å². The predicted molar refractivity (Wildman–Crippen MR) is 156 cm³/mol. The standard InChI is InChI=1S/C28H35N3O4.C3H6O2/c1-5-11-22(14-20(6-2)27(32)29-7-3)30-28(33)24-15-21-16-25(34-4)26(17-23(21)31-24)35-18-19-12-9-8-10-13-19;1-2-5-3-4/h5,8-13,15-17,20,22,31H,6-7,14,18H2,1-4H3,(H,29,32)(H,30,33);3H,2H2,1H3/b11-5+;. The Hall–Kier alpha value is -4.27. The molecule has 2 amide bonds. The molecule has 2 aromatic carbocycles. The Morgan fingerprint density at radius 2 is 1.80 bits per heavy atom. The number of H-pyrrole nitrogens is 1. The van der Waals surface area contributed by atoms with Crippen LogP contribution in [-0.4, -0.2) is 49.6 Å². The Bertz CT molecular complexity index is 1240. The normalized spacial score (nSPS) is 12.1. The minimum atomic E-state index is -0.259. The quantitative estimate of drug-likeness (QED) is 0.188. The van der Waals surface area contributed by atoms with E-state index in [-0.39, 0.29) is 23.8 Å². The van der Waals surface area contributed by atoms with E-state index in [0.717, 1.165) is 16.5 Å². The number of fused-ring (bicyclic) bond motifs is 1. The van der Waals surface area contributed by atoms with Crippen LogP contribution in [0.25, 0.3) is 10.9 Å². The van der Waals surface area contributed by atoms with Gasteiger partial charge in [0.25, 0.3) is 12.4 Å². The first-order valence-electron chi connectivity index (χ1n) is 13.5. The van der Waals surface area contributed by atoms with Gasteiger partial charge in [-0.05, 0) is 51.3 Å². The topological polar surface area (TPSA) is 119 Å². The molecule has 3 aromatic rings. The molecule has 2 unspecified atom stereocenters. The summed E-state index contributed by atoms with van der Waals surface area (Å²) in [5.41, 5.74) is 2.26. The average molecular weight is 552 g/mol. The summed E-state index contributed by atoms with van der Waals surface area (Å²) in [5.74, 6) is 0.795. The van der Waals surface area contributed by atoms with E-state index in [9.17, 15) is 14.4 Å². The second-order valence-corrected chi connectivity index (χ2v) is 8.94. The summed E-state index contributed by atoms with van der Waals surface area (Å²) in [7, 11) is 1.59. The third-order valence-electron chi connectivity index (χ3n) is 6.12. The largest absolute Gasteiger partial charge is 0.493 e. The van der Waals surface area contributed by atoms with Gasteiger partial charge in [0.05, 0.1) is 13.7 Å². The van der Waals surface area contributed by atoms with Crippen molar-refractivity contribution in [1.82, 2.24) is 15.6 Å². The lowest BCUT2D eigenvalue weighted by Crippen LogP contribution is -2.39. The minimum Gasteiger partial charge on any atom is -0.493 e. The summed E-state index contributed by atoms with van der Waals surface area (Å²) in [6, 6.07) is 15.1. The van der Waals surface area contributed by atoms with E-state index in [1.54, 1.807) is 20.1 Å². The number of carbonyl (C=O) groups is 3. The van der Waals surface area contributed by atoms with E-state index < -0.39 is 0 Å². The zero-order valence-corrected chi connectivity index (χ0v) is 24.0. The van der Waals surface area contributed by atoms with Gasteiger partial charge in [-0.15, -0.1) is 0 Å². The second kappa shape index (κ2) is 17.3. The van der Waals surface area contributed by atoms with Crippen LogP contribution in [0.5, 0.6) is 11.5 Å². The molecule has 1 heterocycles. The summed E-state index contributed by atoms with van der Waals surface area (Å²) >= 11 is 0. The fraction of sp³-hybridized carbons (Fsp3) is 0.387. The number of hydrogen-bond acceptors (Lipinski definition) is 6. The molecule has 2 atom stereocenters. The van der Waals surface area contributed by atoms with Crippen molar-refractivity contribution < 1.29 is 28.6 Å². The number of carbonyl (C=O) groups excluding carboxylic acids is 3. The minimum absolute atomic E-state index is 0.0134. The molecule has 3 rings (SSSR count). The van der Waals surface area contributed by atoms with Crippen molar-refractivity contribution in [3.63, 3.8) is 0 Å². The molecule has 0 spiro atoms. The van der Waals surface area contributed by atoms with Crippen LogP contribution in [0.1, 0.15) is 56.6 Å². The highest BCUT2D eigenvalue weighted by Crippen LogP contribution is 2.33. The first-order chi connectivity index (χ1) is 19.4. The molecular formula is C31H41N3O6. The van der Waals surface area contributed by atoms with Crippen molar-refractivity contribution in [1.29, 1.82) is 0 Å². The summed E-state index contributed by atoms with van der Waals surface area (Å²) in [4.78, 5) is 37.8. The predicted octanol–water partition coefficient (Wildman–Crippen LogP) is 5.16. The average Bonchev–Trinajstić information content (AvgIpc) is 3.39. The monoisotopic (exact) mass is 551 g/mol. The molecule has 0 bridgehead atoms. The van der Waals surface area contributed by atoms with Gasteiger partial charge in [-0.1, -0.05) is 49.4 Å². The first kappa shape index (κ1) is 31.9. The third kappa shape index (κ3) is 9.80. The van der Waals surface area contributed by atoms with Gasteiger partial charge in [0, 0.05) is 35.5 Å². The highest BCUT2D eigenvalue weighted by atomic mass is 16.5. The Morgan fingerprint density at radius 1 is 1.05 bits per heavy atom. The van der Waals surface area contributed by atoms with Crippen LogP contribution in [0, 0.1) is 5.92 Å². The van der Waals surface area contributed by atoms with Gasteiger partial charge in [-0.25, -0.2) is 0 Å². The van der Waals surface area contributed by atoms with Gasteiger partial charge in [0.15, 0.2) is 11.5 Å². The van der Waals surface area contributed by atoms with Crippen molar-refractivity contribution in [2.24, 2.45) is 5.92 Å². The number of hydrogen-bond donors (Lipinski definition) is 3. The van der Waals surface area contributed by atoms with Gasteiger partial charge in [0.1, 0.15) is 12.3 Å². The van der Waals surface area contributed by atoms with Crippen LogP contribution in [0.2, 0.25) is 0 Å². The zero-order chi connectivity index (χ0) is 29.3. The van der Waals surface area contributed by atoms with Crippen molar-refractivity contribution in [2.75, 3.05) is 20.3 Å². The van der Waals surface area contributed by atoms with E-state index in [4.69, 9.17) is 9.47 Å².